The van der Waals surface area contributed by atoms with Crippen LogP contribution in [-0.4, -0.2) is 51.9 Å². The molecule has 0 atom stereocenters. The molecule has 1 amide bonds. The van der Waals surface area contributed by atoms with Gasteiger partial charge in [0.15, 0.2) is 6.61 Å². The minimum Gasteiger partial charge on any atom is -0.484 e. The van der Waals surface area contributed by atoms with Crippen molar-refractivity contribution in [2.45, 2.75) is 6.92 Å². The summed E-state index contributed by atoms with van der Waals surface area (Å²) in [4.78, 5) is 26.5. The van der Waals surface area contributed by atoms with Gasteiger partial charge in [-0.15, -0.1) is 0 Å². The molecule has 148 valence electrons. The zero-order chi connectivity index (χ0) is 19.9. The SMILES string of the molecule is COC(=O)c1ccc(N2CCOCC2)c(NC(=O)COc2cccc(C)c2)c1. The van der Waals surface area contributed by atoms with Crippen molar-refractivity contribution >= 4 is 23.3 Å². The van der Waals surface area contributed by atoms with Gasteiger partial charge >= 0.3 is 5.97 Å². The molecular formula is C21H24N2O5. The zero-order valence-corrected chi connectivity index (χ0v) is 16.1. The number of hydrogen-bond donors (Lipinski definition) is 1. The quantitative estimate of drug-likeness (QED) is 0.772. The molecule has 1 aliphatic heterocycles. The van der Waals surface area contributed by atoms with Gasteiger partial charge in [-0.25, -0.2) is 4.79 Å². The largest absolute Gasteiger partial charge is 0.484 e. The van der Waals surface area contributed by atoms with Crippen LogP contribution < -0.4 is 15.0 Å². The van der Waals surface area contributed by atoms with Crippen molar-refractivity contribution < 1.29 is 23.8 Å². The highest BCUT2D eigenvalue weighted by atomic mass is 16.5. The second-order valence-corrected chi connectivity index (χ2v) is 6.48. The Morgan fingerprint density at radius 2 is 1.93 bits per heavy atom. The fraction of sp³-hybridized carbons (Fsp3) is 0.333. The summed E-state index contributed by atoms with van der Waals surface area (Å²) in [5.74, 6) is -0.134. The van der Waals surface area contributed by atoms with Crippen LogP contribution in [0, 0.1) is 6.92 Å². The van der Waals surface area contributed by atoms with E-state index in [0.717, 1.165) is 11.3 Å². The number of esters is 1. The third-order valence-electron chi connectivity index (χ3n) is 4.40. The van der Waals surface area contributed by atoms with Gasteiger partial charge in [0.05, 0.1) is 37.3 Å². The highest BCUT2D eigenvalue weighted by molar-refractivity contribution is 5.98. The first kappa shape index (κ1) is 19.7. The Balaban J connectivity index is 1.75. The molecule has 1 N–H and O–H groups in total. The lowest BCUT2D eigenvalue weighted by Gasteiger charge is -2.30. The molecule has 0 saturated carbocycles. The topological polar surface area (TPSA) is 77.1 Å². The molecule has 0 radical (unpaired) electrons. The van der Waals surface area contributed by atoms with Crippen LogP contribution in [0.5, 0.6) is 5.75 Å². The van der Waals surface area contributed by atoms with E-state index in [4.69, 9.17) is 14.2 Å². The summed E-state index contributed by atoms with van der Waals surface area (Å²) < 4.78 is 15.8. The zero-order valence-electron chi connectivity index (χ0n) is 16.1. The number of benzene rings is 2. The van der Waals surface area contributed by atoms with Gasteiger partial charge in [-0.3, -0.25) is 4.79 Å². The van der Waals surface area contributed by atoms with Gasteiger partial charge in [0.1, 0.15) is 5.75 Å². The second kappa shape index (κ2) is 9.23. The van der Waals surface area contributed by atoms with Crippen molar-refractivity contribution in [3.63, 3.8) is 0 Å². The fourth-order valence-corrected chi connectivity index (χ4v) is 3.00. The monoisotopic (exact) mass is 384 g/mol. The summed E-state index contributed by atoms with van der Waals surface area (Å²) in [6, 6.07) is 12.6. The van der Waals surface area contributed by atoms with Gasteiger partial charge in [0.25, 0.3) is 5.91 Å². The molecule has 1 fully saturated rings. The van der Waals surface area contributed by atoms with Crippen molar-refractivity contribution in [1.29, 1.82) is 0 Å². The molecule has 3 rings (SSSR count). The molecule has 1 aliphatic rings. The van der Waals surface area contributed by atoms with E-state index in [0.29, 0.717) is 43.3 Å². The van der Waals surface area contributed by atoms with Crippen molar-refractivity contribution in [2.24, 2.45) is 0 Å². The lowest BCUT2D eigenvalue weighted by Crippen LogP contribution is -2.37. The first-order valence-corrected chi connectivity index (χ1v) is 9.11. The molecule has 1 heterocycles. The molecule has 0 unspecified atom stereocenters. The van der Waals surface area contributed by atoms with Gasteiger partial charge in [-0.05, 0) is 42.8 Å². The van der Waals surface area contributed by atoms with Crippen LogP contribution in [0.3, 0.4) is 0 Å². The first-order valence-electron chi connectivity index (χ1n) is 9.11. The Bertz CT molecular complexity index is 846. The maximum Gasteiger partial charge on any atom is 0.337 e. The van der Waals surface area contributed by atoms with Gasteiger partial charge in [-0.2, -0.15) is 0 Å². The number of carbonyl (C=O) groups excluding carboxylic acids is 2. The van der Waals surface area contributed by atoms with Crippen molar-refractivity contribution in [1.82, 2.24) is 0 Å². The minimum absolute atomic E-state index is 0.130. The average Bonchev–Trinajstić information content (AvgIpc) is 2.72. The predicted octanol–water partition coefficient (Wildman–Crippen LogP) is 2.64. The molecular weight excluding hydrogens is 360 g/mol. The molecule has 2 aromatic rings. The first-order chi connectivity index (χ1) is 13.6. The van der Waals surface area contributed by atoms with Gasteiger partial charge < -0.3 is 24.4 Å². The van der Waals surface area contributed by atoms with E-state index in [2.05, 4.69) is 10.2 Å². The van der Waals surface area contributed by atoms with Crippen LogP contribution in [0.2, 0.25) is 0 Å². The predicted molar refractivity (Wildman–Crippen MR) is 106 cm³/mol. The molecule has 0 aliphatic carbocycles. The fourth-order valence-electron chi connectivity index (χ4n) is 3.00. The summed E-state index contributed by atoms with van der Waals surface area (Å²) in [5.41, 5.74) is 2.80. The molecule has 28 heavy (non-hydrogen) atoms. The summed E-state index contributed by atoms with van der Waals surface area (Å²) in [6.45, 7) is 4.47. The lowest BCUT2D eigenvalue weighted by molar-refractivity contribution is -0.118. The van der Waals surface area contributed by atoms with Crippen molar-refractivity contribution in [3.05, 3.63) is 53.6 Å². The van der Waals surface area contributed by atoms with E-state index in [1.54, 1.807) is 18.2 Å². The normalized spacial score (nSPS) is 13.7. The molecule has 0 bridgehead atoms. The lowest BCUT2D eigenvalue weighted by atomic mass is 10.1. The molecule has 0 aromatic heterocycles. The number of carbonyl (C=O) groups is 2. The highest BCUT2D eigenvalue weighted by Crippen LogP contribution is 2.28. The number of methoxy groups -OCH3 is 1. The van der Waals surface area contributed by atoms with E-state index >= 15 is 0 Å². The summed E-state index contributed by atoms with van der Waals surface area (Å²) in [7, 11) is 1.33. The highest BCUT2D eigenvalue weighted by Gasteiger charge is 2.18. The standard InChI is InChI=1S/C21H24N2O5/c1-15-4-3-5-17(12-15)28-14-20(24)22-18-13-16(21(25)26-2)6-7-19(18)23-8-10-27-11-9-23/h3-7,12-13H,8-11,14H2,1-2H3,(H,22,24). The average molecular weight is 384 g/mol. The van der Waals surface area contributed by atoms with Gasteiger partial charge in [0, 0.05) is 13.1 Å². The van der Waals surface area contributed by atoms with E-state index < -0.39 is 5.97 Å². The van der Waals surface area contributed by atoms with Crippen LogP contribution in [0.15, 0.2) is 42.5 Å². The van der Waals surface area contributed by atoms with E-state index in [9.17, 15) is 9.59 Å². The maximum absolute atomic E-state index is 12.5. The van der Waals surface area contributed by atoms with Crippen LogP contribution in [0.4, 0.5) is 11.4 Å². The van der Waals surface area contributed by atoms with Crippen LogP contribution in [0.1, 0.15) is 15.9 Å². The Kier molecular flexibility index (Phi) is 6.49. The van der Waals surface area contributed by atoms with Gasteiger partial charge in [0.2, 0.25) is 0 Å². The van der Waals surface area contributed by atoms with Gasteiger partial charge in [-0.1, -0.05) is 12.1 Å². The van der Waals surface area contributed by atoms with Crippen molar-refractivity contribution in [2.75, 3.05) is 50.2 Å². The number of ether oxygens (including phenoxy) is 3. The maximum atomic E-state index is 12.5. The third kappa shape index (κ3) is 5.01. The van der Waals surface area contributed by atoms with E-state index in [1.807, 2.05) is 31.2 Å². The molecule has 7 nitrogen and oxygen atoms in total. The number of nitrogens with one attached hydrogen (secondary N) is 1. The molecule has 2 aromatic carbocycles. The number of morpholine rings is 1. The summed E-state index contributed by atoms with van der Waals surface area (Å²) >= 11 is 0. The summed E-state index contributed by atoms with van der Waals surface area (Å²) in [5, 5.41) is 2.86. The minimum atomic E-state index is -0.458. The van der Waals surface area contributed by atoms with E-state index in [-0.39, 0.29) is 12.5 Å². The van der Waals surface area contributed by atoms with Crippen molar-refractivity contribution in [3.8, 4) is 5.75 Å². The number of nitrogens with zero attached hydrogens (tertiary/aromatic N) is 1. The summed E-state index contributed by atoms with van der Waals surface area (Å²) in [6.07, 6.45) is 0. The number of rotatable bonds is 6. The van der Waals surface area contributed by atoms with Crippen LogP contribution >= 0.6 is 0 Å². The van der Waals surface area contributed by atoms with E-state index in [1.165, 1.54) is 7.11 Å². The number of amides is 1. The second-order valence-electron chi connectivity index (χ2n) is 6.48. The Hall–Kier alpha value is -3.06. The van der Waals surface area contributed by atoms with Crippen LogP contribution in [-0.2, 0) is 14.3 Å². The van der Waals surface area contributed by atoms with Crippen LogP contribution in [0.25, 0.3) is 0 Å². The molecule has 1 saturated heterocycles. The smallest absolute Gasteiger partial charge is 0.337 e. The Labute approximate surface area is 164 Å². The number of aryl methyl sites for hydroxylation is 1. The number of hydrogen-bond acceptors (Lipinski definition) is 6. The number of anilines is 2. The Morgan fingerprint density at radius 1 is 1.14 bits per heavy atom. The third-order valence-corrected chi connectivity index (χ3v) is 4.40. The molecule has 7 heteroatoms. The Morgan fingerprint density at radius 3 is 2.64 bits per heavy atom. The molecule has 0 spiro atoms.